The van der Waals surface area contributed by atoms with Gasteiger partial charge in [0.2, 0.25) is 10.0 Å². The third-order valence-corrected chi connectivity index (χ3v) is 6.42. The first-order valence-electron chi connectivity index (χ1n) is 7.51. The van der Waals surface area contributed by atoms with E-state index in [-0.39, 0.29) is 17.0 Å². The Kier molecular flexibility index (Phi) is 4.03. The Labute approximate surface area is 125 Å². The van der Waals surface area contributed by atoms with Gasteiger partial charge in [-0.2, -0.15) is 4.31 Å². The molecule has 2 saturated heterocycles. The summed E-state index contributed by atoms with van der Waals surface area (Å²) in [6.45, 7) is 3.20. The maximum Gasteiger partial charge on any atom is 0.246 e. The predicted molar refractivity (Wildman–Crippen MR) is 79.1 cm³/mol. The minimum atomic E-state index is -3.76. The highest BCUT2D eigenvalue weighted by Crippen LogP contribution is 2.31. The lowest BCUT2D eigenvalue weighted by atomic mass is 10.1. The number of halogens is 1. The lowest BCUT2D eigenvalue weighted by Gasteiger charge is -2.29. The van der Waals surface area contributed by atoms with E-state index in [0.717, 1.165) is 37.8 Å². The van der Waals surface area contributed by atoms with Crippen molar-refractivity contribution in [2.24, 2.45) is 0 Å². The molecule has 0 radical (unpaired) electrons. The molecule has 3 rings (SSSR count). The van der Waals surface area contributed by atoms with Crippen molar-refractivity contribution in [1.82, 2.24) is 9.62 Å². The standard InChI is InChI=1S/C15H21FN2O2S/c1-11-6-7-12(16)15(10-11)21(19,20)18-9-3-5-14(18)13-4-2-8-17-13/h6-7,10,13-14,17H,2-5,8-9H2,1H3. The Morgan fingerprint density at radius 2 is 2.10 bits per heavy atom. The molecule has 6 heteroatoms. The Bertz CT molecular complexity index is 627. The number of rotatable bonds is 3. The van der Waals surface area contributed by atoms with Crippen molar-refractivity contribution in [3.63, 3.8) is 0 Å². The zero-order valence-corrected chi connectivity index (χ0v) is 13.0. The number of nitrogens with zero attached hydrogens (tertiary/aromatic N) is 1. The fourth-order valence-electron chi connectivity index (χ4n) is 3.44. The van der Waals surface area contributed by atoms with Gasteiger partial charge in [0.25, 0.3) is 0 Å². The van der Waals surface area contributed by atoms with E-state index in [1.165, 1.54) is 16.4 Å². The fraction of sp³-hybridized carbons (Fsp3) is 0.600. The summed E-state index contributed by atoms with van der Waals surface area (Å²) in [5.74, 6) is -0.661. The Morgan fingerprint density at radius 1 is 1.29 bits per heavy atom. The second-order valence-corrected chi connectivity index (χ2v) is 7.82. The lowest BCUT2D eigenvalue weighted by Crippen LogP contribution is -2.46. The van der Waals surface area contributed by atoms with Crippen LogP contribution in [0.4, 0.5) is 4.39 Å². The van der Waals surface area contributed by atoms with Crippen molar-refractivity contribution in [2.75, 3.05) is 13.1 Å². The van der Waals surface area contributed by atoms with Gasteiger partial charge >= 0.3 is 0 Å². The van der Waals surface area contributed by atoms with Crippen molar-refractivity contribution >= 4 is 10.0 Å². The second kappa shape index (κ2) is 5.66. The average Bonchev–Trinajstić information content (AvgIpc) is 3.10. The Balaban J connectivity index is 1.95. The molecule has 1 aromatic rings. The molecular formula is C15H21FN2O2S. The van der Waals surface area contributed by atoms with E-state index < -0.39 is 15.8 Å². The number of benzene rings is 1. The summed E-state index contributed by atoms with van der Waals surface area (Å²) in [5, 5.41) is 3.38. The van der Waals surface area contributed by atoms with Gasteiger partial charge < -0.3 is 5.32 Å². The molecule has 2 aliphatic rings. The molecule has 2 heterocycles. The molecule has 4 nitrogen and oxygen atoms in total. The van der Waals surface area contributed by atoms with Crippen molar-refractivity contribution in [1.29, 1.82) is 0 Å². The molecule has 2 atom stereocenters. The van der Waals surface area contributed by atoms with Crippen LogP contribution in [0.15, 0.2) is 23.1 Å². The van der Waals surface area contributed by atoms with Crippen LogP contribution in [0, 0.1) is 12.7 Å². The minimum absolute atomic E-state index is 0.0441. The summed E-state index contributed by atoms with van der Waals surface area (Å²) in [7, 11) is -3.76. The summed E-state index contributed by atoms with van der Waals surface area (Å²) in [5.41, 5.74) is 0.754. The van der Waals surface area contributed by atoms with E-state index in [9.17, 15) is 12.8 Å². The van der Waals surface area contributed by atoms with Crippen LogP contribution < -0.4 is 5.32 Å². The third-order valence-electron chi connectivity index (χ3n) is 4.48. The van der Waals surface area contributed by atoms with Gasteiger partial charge in [-0.15, -0.1) is 0 Å². The zero-order chi connectivity index (χ0) is 15.0. The van der Waals surface area contributed by atoms with Gasteiger partial charge in [-0.3, -0.25) is 0 Å². The van der Waals surface area contributed by atoms with E-state index in [1.54, 1.807) is 13.0 Å². The first kappa shape index (κ1) is 14.9. The summed E-state index contributed by atoms with van der Waals surface area (Å²) in [6.07, 6.45) is 3.76. The van der Waals surface area contributed by atoms with Crippen LogP contribution in [-0.4, -0.2) is 37.9 Å². The number of aryl methyl sites for hydroxylation is 1. The summed E-state index contributed by atoms with van der Waals surface area (Å²) in [6, 6.07) is 4.42. The molecule has 0 saturated carbocycles. The van der Waals surface area contributed by atoms with Gasteiger partial charge in [0.05, 0.1) is 0 Å². The molecule has 0 aliphatic carbocycles. The van der Waals surface area contributed by atoms with Crippen LogP contribution in [0.25, 0.3) is 0 Å². The molecule has 1 aromatic carbocycles. The largest absolute Gasteiger partial charge is 0.312 e. The van der Waals surface area contributed by atoms with Gasteiger partial charge in [0.15, 0.2) is 0 Å². The molecular weight excluding hydrogens is 291 g/mol. The molecule has 1 N–H and O–H groups in total. The highest BCUT2D eigenvalue weighted by molar-refractivity contribution is 7.89. The molecule has 21 heavy (non-hydrogen) atoms. The van der Waals surface area contributed by atoms with Gasteiger partial charge in [0.1, 0.15) is 10.7 Å². The molecule has 0 spiro atoms. The molecule has 116 valence electrons. The van der Waals surface area contributed by atoms with E-state index in [0.29, 0.717) is 6.54 Å². The zero-order valence-electron chi connectivity index (χ0n) is 12.2. The molecule has 0 amide bonds. The predicted octanol–water partition coefficient (Wildman–Crippen LogP) is 2.04. The quantitative estimate of drug-likeness (QED) is 0.929. The summed E-state index contributed by atoms with van der Waals surface area (Å²) >= 11 is 0. The maximum atomic E-state index is 14.0. The van der Waals surface area contributed by atoms with Crippen LogP contribution in [0.1, 0.15) is 31.2 Å². The van der Waals surface area contributed by atoms with E-state index in [4.69, 9.17) is 0 Å². The SMILES string of the molecule is Cc1ccc(F)c(S(=O)(=O)N2CCCC2C2CCCN2)c1. The highest BCUT2D eigenvalue weighted by Gasteiger charge is 2.41. The van der Waals surface area contributed by atoms with Gasteiger partial charge in [-0.05, 0) is 56.8 Å². The second-order valence-electron chi connectivity index (χ2n) is 5.96. The molecule has 0 aromatic heterocycles. The van der Waals surface area contributed by atoms with Crippen LogP contribution >= 0.6 is 0 Å². The maximum absolute atomic E-state index is 14.0. The molecule has 2 aliphatic heterocycles. The summed E-state index contributed by atoms with van der Waals surface area (Å²) in [4.78, 5) is -0.188. The number of nitrogens with one attached hydrogen (secondary N) is 1. The van der Waals surface area contributed by atoms with Crippen molar-refractivity contribution in [3.8, 4) is 0 Å². The lowest BCUT2D eigenvalue weighted by molar-refractivity contribution is 0.321. The molecule has 2 unspecified atom stereocenters. The minimum Gasteiger partial charge on any atom is -0.312 e. The smallest absolute Gasteiger partial charge is 0.246 e. The third kappa shape index (κ3) is 2.72. The number of sulfonamides is 1. The number of hydrogen-bond acceptors (Lipinski definition) is 3. The molecule has 2 fully saturated rings. The van der Waals surface area contributed by atoms with Crippen LogP contribution in [0.2, 0.25) is 0 Å². The normalized spacial score (nSPS) is 27.3. The average molecular weight is 312 g/mol. The Morgan fingerprint density at radius 3 is 2.81 bits per heavy atom. The van der Waals surface area contributed by atoms with Crippen molar-refractivity contribution in [2.45, 2.75) is 49.6 Å². The highest BCUT2D eigenvalue weighted by atomic mass is 32.2. The molecule has 0 bridgehead atoms. The number of hydrogen-bond donors (Lipinski definition) is 1. The fourth-order valence-corrected chi connectivity index (χ4v) is 5.32. The van der Waals surface area contributed by atoms with E-state index in [2.05, 4.69) is 5.32 Å². The summed E-state index contributed by atoms with van der Waals surface area (Å²) < 4.78 is 41.2. The van der Waals surface area contributed by atoms with E-state index in [1.807, 2.05) is 0 Å². The van der Waals surface area contributed by atoms with Crippen molar-refractivity contribution in [3.05, 3.63) is 29.6 Å². The Hall–Kier alpha value is -0.980. The van der Waals surface area contributed by atoms with Gasteiger partial charge in [-0.1, -0.05) is 6.07 Å². The van der Waals surface area contributed by atoms with Gasteiger partial charge in [-0.25, -0.2) is 12.8 Å². The topological polar surface area (TPSA) is 49.4 Å². The first-order chi connectivity index (χ1) is 10.00. The van der Waals surface area contributed by atoms with Crippen LogP contribution in [0.3, 0.4) is 0 Å². The van der Waals surface area contributed by atoms with E-state index >= 15 is 0 Å². The monoisotopic (exact) mass is 312 g/mol. The van der Waals surface area contributed by atoms with Crippen LogP contribution in [-0.2, 0) is 10.0 Å². The van der Waals surface area contributed by atoms with Gasteiger partial charge in [0, 0.05) is 18.6 Å². The van der Waals surface area contributed by atoms with Crippen LogP contribution in [0.5, 0.6) is 0 Å². The van der Waals surface area contributed by atoms with Crippen molar-refractivity contribution < 1.29 is 12.8 Å². The first-order valence-corrected chi connectivity index (χ1v) is 8.95.